The lowest BCUT2D eigenvalue weighted by Crippen LogP contribution is -2.25. The number of anilines is 1. The Hall–Kier alpha value is -2.01. The summed E-state index contributed by atoms with van der Waals surface area (Å²) in [6, 6.07) is 6.49. The van der Waals surface area contributed by atoms with Gasteiger partial charge in [0.05, 0.1) is 12.6 Å². The van der Waals surface area contributed by atoms with Crippen molar-refractivity contribution in [2.24, 2.45) is 0 Å². The monoisotopic (exact) mass is 275 g/mol. The van der Waals surface area contributed by atoms with Crippen LogP contribution in [0.15, 0.2) is 30.5 Å². The van der Waals surface area contributed by atoms with Crippen molar-refractivity contribution >= 4 is 5.95 Å². The van der Waals surface area contributed by atoms with E-state index in [1.54, 1.807) is 18.3 Å². The Kier molecular flexibility index (Phi) is 4.29. The summed E-state index contributed by atoms with van der Waals surface area (Å²) in [7, 11) is 1.82. The normalized spacial score (nSPS) is 12.2. The highest BCUT2D eigenvalue weighted by Crippen LogP contribution is 2.24. The summed E-state index contributed by atoms with van der Waals surface area (Å²) in [6.07, 6.45) is 1.60. The molecular formula is C15H18FN3O. The maximum absolute atomic E-state index is 13.8. The molecule has 5 heteroatoms. The van der Waals surface area contributed by atoms with Gasteiger partial charge >= 0.3 is 0 Å². The second kappa shape index (κ2) is 5.96. The topological polar surface area (TPSA) is 49.2 Å². The highest BCUT2D eigenvalue weighted by Gasteiger charge is 2.18. The van der Waals surface area contributed by atoms with Crippen molar-refractivity contribution in [1.29, 1.82) is 0 Å². The molecule has 0 aliphatic heterocycles. The van der Waals surface area contributed by atoms with Gasteiger partial charge in [0.15, 0.2) is 0 Å². The van der Waals surface area contributed by atoms with Crippen molar-refractivity contribution < 1.29 is 9.50 Å². The van der Waals surface area contributed by atoms with Gasteiger partial charge in [0.25, 0.3) is 0 Å². The molecule has 1 N–H and O–H groups in total. The summed E-state index contributed by atoms with van der Waals surface area (Å²) in [5.41, 5.74) is 2.02. The number of rotatable bonds is 4. The second-order valence-corrected chi connectivity index (χ2v) is 4.75. The maximum Gasteiger partial charge on any atom is 0.225 e. The summed E-state index contributed by atoms with van der Waals surface area (Å²) in [5.74, 6) is 0.269. The molecule has 0 aliphatic carbocycles. The molecule has 0 radical (unpaired) electrons. The number of nitrogens with zero attached hydrogens (tertiary/aromatic N) is 3. The fraction of sp³-hybridized carbons (Fsp3) is 0.333. The van der Waals surface area contributed by atoms with Crippen molar-refractivity contribution in [2.75, 3.05) is 11.9 Å². The lowest BCUT2D eigenvalue weighted by molar-refractivity contribution is 0.280. The molecule has 2 aromatic rings. The van der Waals surface area contributed by atoms with Crippen LogP contribution in [0.25, 0.3) is 0 Å². The van der Waals surface area contributed by atoms with E-state index in [0.717, 1.165) is 5.69 Å². The Bertz CT molecular complexity index is 603. The molecule has 0 amide bonds. The standard InChI is InChI=1S/C15H18FN3O/c1-10-12(9-20)8-17-15(18-10)19(3)11(2)13-6-4-5-7-14(13)16/h4-8,11,20H,9H2,1-3H3. The van der Waals surface area contributed by atoms with Gasteiger partial charge in [0.1, 0.15) is 5.82 Å². The van der Waals surface area contributed by atoms with Crippen LogP contribution in [0.5, 0.6) is 0 Å². The van der Waals surface area contributed by atoms with Crippen molar-refractivity contribution in [3.8, 4) is 0 Å². The minimum Gasteiger partial charge on any atom is -0.392 e. The number of aliphatic hydroxyl groups excluding tert-OH is 1. The number of halogens is 1. The highest BCUT2D eigenvalue weighted by molar-refractivity contribution is 5.37. The zero-order valence-corrected chi connectivity index (χ0v) is 11.8. The van der Waals surface area contributed by atoms with E-state index in [9.17, 15) is 4.39 Å². The Morgan fingerprint density at radius 3 is 2.65 bits per heavy atom. The smallest absolute Gasteiger partial charge is 0.225 e. The Morgan fingerprint density at radius 1 is 1.35 bits per heavy atom. The van der Waals surface area contributed by atoms with Crippen LogP contribution in [0.2, 0.25) is 0 Å². The van der Waals surface area contributed by atoms with E-state index >= 15 is 0 Å². The lowest BCUT2D eigenvalue weighted by Gasteiger charge is -2.26. The molecule has 0 bridgehead atoms. The van der Waals surface area contributed by atoms with Gasteiger partial charge in [0, 0.05) is 30.1 Å². The van der Waals surface area contributed by atoms with Gasteiger partial charge in [0.2, 0.25) is 5.95 Å². The third-order valence-electron chi connectivity index (χ3n) is 3.49. The van der Waals surface area contributed by atoms with E-state index in [-0.39, 0.29) is 18.5 Å². The predicted octanol–water partition coefficient (Wildman–Crippen LogP) is 2.61. The summed E-state index contributed by atoms with van der Waals surface area (Å²) in [4.78, 5) is 10.4. The number of benzene rings is 1. The molecule has 106 valence electrons. The Labute approximate surface area is 117 Å². The van der Waals surface area contributed by atoms with E-state index in [1.807, 2.05) is 31.9 Å². The van der Waals surface area contributed by atoms with Gasteiger partial charge < -0.3 is 10.0 Å². The molecule has 2 rings (SSSR count). The summed E-state index contributed by atoms with van der Waals surface area (Å²) in [6.45, 7) is 3.63. The molecular weight excluding hydrogens is 257 g/mol. The lowest BCUT2D eigenvalue weighted by atomic mass is 10.1. The first-order valence-corrected chi connectivity index (χ1v) is 6.45. The molecule has 0 saturated carbocycles. The molecule has 0 spiro atoms. The molecule has 4 nitrogen and oxygen atoms in total. The number of hydrogen-bond acceptors (Lipinski definition) is 4. The Balaban J connectivity index is 2.29. The molecule has 20 heavy (non-hydrogen) atoms. The first-order valence-electron chi connectivity index (χ1n) is 6.45. The van der Waals surface area contributed by atoms with Crippen molar-refractivity contribution in [3.63, 3.8) is 0 Å². The molecule has 1 atom stereocenters. The van der Waals surface area contributed by atoms with Crippen LogP contribution in [0.3, 0.4) is 0 Å². The summed E-state index contributed by atoms with van der Waals surface area (Å²) in [5, 5.41) is 9.13. The molecule has 1 unspecified atom stereocenters. The molecule has 1 aromatic carbocycles. The highest BCUT2D eigenvalue weighted by atomic mass is 19.1. The van der Waals surface area contributed by atoms with Crippen LogP contribution in [-0.2, 0) is 6.61 Å². The van der Waals surface area contributed by atoms with E-state index < -0.39 is 0 Å². The van der Waals surface area contributed by atoms with E-state index in [4.69, 9.17) is 5.11 Å². The molecule has 0 saturated heterocycles. The second-order valence-electron chi connectivity index (χ2n) is 4.75. The van der Waals surface area contributed by atoms with Gasteiger partial charge in [-0.2, -0.15) is 0 Å². The zero-order valence-electron chi connectivity index (χ0n) is 11.8. The van der Waals surface area contributed by atoms with Crippen molar-refractivity contribution in [3.05, 3.63) is 53.1 Å². The van der Waals surface area contributed by atoms with Crippen molar-refractivity contribution in [1.82, 2.24) is 9.97 Å². The summed E-state index contributed by atoms with van der Waals surface area (Å²) >= 11 is 0. The molecule has 1 heterocycles. The van der Waals surface area contributed by atoms with Crippen LogP contribution in [0.4, 0.5) is 10.3 Å². The van der Waals surface area contributed by atoms with Crippen LogP contribution in [0, 0.1) is 12.7 Å². The summed E-state index contributed by atoms with van der Waals surface area (Å²) < 4.78 is 13.8. The number of aliphatic hydroxyl groups is 1. The fourth-order valence-corrected chi connectivity index (χ4v) is 2.00. The van der Waals surface area contributed by atoms with Gasteiger partial charge in [-0.05, 0) is 19.9 Å². The first-order chi connectivity index (χ1) is 9.54. The molecule has 1 aromatic heterocycles. The van der Waals surface area contributed by atoms with Crippen LogP contribution in [0.1, 0.15) is 29.8 Å². The third kappa shape index (κ3) is 2.77. The quantitative estimate of drug-likeness (QED) is 0.932. The first kappa shape index (κ1) is 14.4. The van der Waals surface area contributed by atoms with Gasteiger partial charge in [-0.1, -0.05) is 18.2 Å². The third-order valence-corrected chi connectivity index (χ3v) is 3.49. The van der Waals surface area contributed by atoms with Crippen molar-refractivity contribution in [2.45, 2.75) is 26.5 Å². The predicted molar refractivity (Wildman–Crippen MR) is 75.9 cm³/mol. The van der Waals surface area contributed by atoms with E-state index in [1.165, 1.54) is 6.07 Å². The van der Waals surface area contributed by atoms with Crippen LogP contribution >= 0.6 is 0 Å². The molecule has 0 fully saturated rings. The average Bonchev–Trinajstić information content (AvgIpc) is 2.46. The minimum absolute atomic E-state index is 0.0846. The number of aryl methyl sites for hydroxylation is 1. The van der Waals surface area contributed by atoms with Gasteiger partial charge in [-0.15, -0.1) is 0 Å². The molecule has 0 aliphatic rings. The number of hydrogen-bond donors (Lipinski definition) is 1. The fourth-order valence-electron chi connectivity index (χ4n) is 2.00. The van der Waals surface area contributed by atoms with Crippen LogP contribution in [-0.4, -0.2) is 22.1 Å². The maximum atomic E-state index is 13.8. The number of aromatic nitrogens is 2. The van der Waals surface area contributed by atoms with Gasteiger partial charge in [-0.3, -0.25) is 0 Å². The minimum atomic E-state index is -0.240. The average molecular weight is 275 g/mol. The van der Waals surface area contributed by atoms with E-state index in [2.05, 4.69) is 9.97 Å². The van der Waals surface area contributed by atoms with Gasteiger partial charge in [-0.25, -0.2) is 14.4 Å². The zero-order chi connectivity index (χ0) is 14.7. The largest absolute Gasteiger partial charge is 0.392 e. The van der Waals surface area contributed by atoms with E-state index in [0.29, 0.717) is 17.1 Å². The Morgan fingerprint density at radius 2 is 2.05 bits per heavy atom. The van der Waals surface area contributed by atoms with Crippen LogP contribution < -0.4 is 4.90 Å². The SMILES string of the molecule is Cc1nc(N(C)C(C)c2ccccc2F)ncc1CO.